The van der Waals surface area contributed by atoms with Gasteiger partial charge in [0.1, 0.15) is 0 Å². The zero-order valence-electron chi connectivity index (χ0n) is 8.11. The minimum atomic E-state index is -0.172. The van der Waals surface area contributed by atoms with Crippen LogP contribution in [0.4, 0.5) is 0 Å². The Morgan fingerprint density at radius 2 is 2.40 bits per heavy atom. The molecule has 0 bridgehead atoms. The summed E-state index contributed by atoms with van der Waals surface area (Å²) < 4.78 is 6.13. The van der Waals surface area contributed by atoms with Crippen molar-refractivity contribution in [1.29, 1.82) is 0 Å². The van der Waals surface area contributed by atoms with Crippen molar-refractivity contribution in [3.63, 3.8) is 0 Å². The van der Waals surface area contributed by atoms with Crippen LogP contribution >= 0.6 is 27.3 Å². The molecule has 15 heavy (non-hydrogen) atoms. The van der Waals surface area contributed by atoms with E-state index in [1.807, 2.05) is 19.1 Å². The maximum Gasteiger partial charge on any atom is 0.243 e. The summed E-state index contributed by atoms with van der Waals surface area (Å²) in [6, 6.07) is 3.73. The van der Waals surface area contributed by atoms with E-state index < -0.39 is 0 Å². The van der Waals surface area contributed by atoms with Crippen molar-refractivity contribution in [3.8, 4) is 10.7 Å². The quantitative estimate of drug-likeness (QED) is 0.943. The van der Waals surface area contributed by atoms with Gasteiger partial charge >= 0.3 is 0 Å². The minimum absolute atomic E-state index is 0.172. The fourth-order valence-electron chi connectivity index (χ4n) is 1.09. The molecule has 2 N–H and O–H groups in total. The Kier molecular flexibility index (Phi) is 3.18. The Morgan fingerprint density at radius 1 is 1.60 bits per heavy atom. The third kappa shape index (κ3) is 2.27. The van der Waals surface area contributed by atoms with Crippen LogP contribution in [0.5, 0.6) is 0 Å². The Labute approximate surface area is 99.6 Å². The molecule has 80 valence electrons. The summed E-state index contributed by atoms with van der Waals surface area (Å²) in [5.41, 5.74) is 5.79. The summed E-state index contributed by atoms with van der Waals surface area (Å²) >= 11 is 4.95. The third-order valence-corrected chi connectivity index (χ3v) is 3.61. The summed E-state index contributed by atoms with van der Waals surface area (Å²) in [6.45, 7) is 1.98. The lowest BCUT2D eigenvalue weighted by molar-refractivity contribution is 0.352. The first-order valence-electron chi connectivity index (χ1n) is 4.55. The average Bonchev–Trinajstić information content (AvgIpc) is 2.84. The van der Waals surface area contributed by atoms with Crippen LogP contribution in [0.3, 0.4) is 0 Å². The second-order valence-electron chi connectivity index (χ2n) is 3.07. The summed E-state index contributed by atoms with van der Waals surface area (Å²) in [5, 5.41) is 3.89. The molecule has 0 aliphatic heterocycles. The standard InChI is InChI=1S/C9H10BrN3OS/c1-2-5(11)9-12-8(13-14-9)6-3-4-7(10)15-6/h3-5H,2,11H2,1H3/t5-/m1/s1. The molecule has 2 heterocycles. The van der Waals surface area contributed by atoms with Crippen LogP contribution in [-0.4, -0.2) is 10.1 Å². The van der Waals surface area contributed by atoms with E-state index in [0.29, 0.717) is 11.7 Å². The number of hydrogen-bond donors (Lipinski definition) is 1. The van der Waals surface area contributed by atoms with Gasteiger partial charge in [0.2, 0.25) is 11.7 Å². The SMILES string of the molecule is CC[C@@H](N)c1nc(-c2ccc(Br)s2)no1. The zero-order valence-corrected chi connectivity index (χ0v) is 10.5. The number of aromatic nitrogens is 2. The van der Waals surface area contributed by atoms with E-state index in [2.05, 4.69) is 26.1 Å². The van der Waals surface area contributed by atoms with Crippen molar-refractivity contribution in [2.75, 3.05) is 0 Å². The largest absolute Gasteiger partial charge is 0.337 e. The molecule has 0 fully saturated rings. The van der Waals surface area contributed by atoms with E-state index in [1.54, 1.807) is 11.3 Å². The maximum absolute atomic E-state index is 5.79. The average molecular weight is 288 g/mol. The molecule has 0 aliphatic carbocycles. The molecule has 0 saturated carbocycles. The van der Waals surface area contributed by atoms with Crippen LogP contribution in [0.15, 0.2) is 20.4 Å². The number of nitrogens with zero attached hydrogens (tertiary/aromatic N) is 2. The van der Waals surface area contributed by atoms with Gasteiger partial charge in [-0.25, -0.2) is 0 Å². The van der Waals surface area contributed by atoms with Crippen LogP contribution < -0.4 is 5.73 Å². The van der Waals surface area contributed by atoms with Gasteiger partial charge in [-0.15, -0.1) is 11.3 Å². The Bertz CT molecular complexity index is 454. The molecule has 2 aromatic rings. The first-order chi connectivity index (χ1) is 7.20. The van der Waals surface area contributed by atoms with E-state index >= 15 is 0 Å². The second kappa shape index (κ2) is 4.42. The highest BCUT2D eigenvalue weighted by Gasteiger charge is 2.14. The van der Waals surface area contributed by atoms with E-state index in [1.165, 1.54) is 0 Å². The summed E-state index contributed by atoms with van der Waals surface area (Å²) in [7, 11) is 0. The van der Waals surface area contributed by atoms with Gasteiger partial charge in [-0.3, -0.25) is 0 Å². The third-order valence-electron chi connectivity index (χ3n) is 1.99. The molecule has 0 spiro atoms. The smallest absolute Gasteiger partial charge is 0.243 e. The van der Waals surface area contributed by atoms with Gasteiger partial charge in [0.25, 0.3) is 0 Å². The molecule has 0 aliphatic rings. The molecule has 6 heteroatoms. The van der Waals surface area contributed by atoms with Gasteiger partial charge in [-0.2, -0.15) is 4.98 Å². The molecular weight excluding hydrogens is 278 g/mol. The van der Waals surface area contributed by atoms with E-state index in [0.717, 1.165) is 15.1 Å². The topological polar surface area (TPSA) is 64.9 Å². The predicted molar refractivity (Wildman–Crippen MR) is 62.5 cm³/mol. The zero-order chi connectivity index (χ0) is 10.8. The van der Waals surface area contributed by atoms with Crippen molar-refractivity contribution < 1.29 is 4.52 Å². The number of rotatable bonds is 3. The van der Waals surface area contributed by atoms with Crippen molar-refractivity contribution >= 4 is 27.3 Å². The Balaban J connectivity index is 2.27. The van der Waals surface area contributed by atoms with Gasteiger partial charge < -0.3 is 10.3 Å². The number of halogens is 1. The highest BCUT2D eigenvalue weighted by Crippen LogP contribution is 2.29. The van der Waals surface area contributed by atoms with Crippen LogP contribution in [0.1, 0.15) is 25.3 Å². The van der Waals surface area contributed by atoms with Crippen molar-refractivity contribution in [2.45, 2.75) is 19.4 Å². The molecule has 0 unspecified atom stereocenters. The molecule has 2 aromatic heterocycles. The van der Waals surface area contributed by atoms with Crippen LogP contribution in [-0.2, 0) is 0 Å². The molecule has 0 aromatic carbocycles. The van der Waals surface area contributed by atoms with Gasteiger partial charge in [0.15, 0.2) is 0 Å². The monoisotopic (exact) mass is 287 g/mol. The predicted octanol–water partition coefficient (Wildman–Crippen LogP) is 2.97. The lowest BCUT2D eigenvalue weighted by Gasteiger charge is -1.98. The normalized spacial score (nSPS) is 13.0. The lowest BCUT2D eigenvalue weighted by Crippen LogP contribution is -2.08. The highest BCUT2D eigenvalue weighted by molar-refractivity contribution is 9.11. The Morgan fingerprint density at radius 3 is 3.00 bits per heavy atom. The van der Waals surface area contributed by atoms with Gasteiger partial charge in [-0.05, 0) is 34.5 Å². The molecule has 0 amide bonds. The molecule has 2 rings (SSSR count). The van der Waals surface area contributed by atoms with Gasteiger partial charge in [0, 0.05) is 0 Å². The second-order valence-corrected chi connectivity index (χ2v) is 5.54. The van der Waals surface area contributed by atoms with Crippen molar-refractivity contribution in [1.82, 2.24) is 10.1 Å². The number of thiophene rings is 1. The van der Waals surface area contributed by atoms with E-state index in [4.69, 9.17) is 10.3 Å². The van der Waals surface area contributed by atoms with Gasteiger partial charge in [0.05, 0.1) is 14.7 Å². The van der Waals surface area contributed by atoms with E-state index in [-0.39, 0.29) is 6.04 Å². The first-order valence-corrected chi connectivity index (χ1v) is 6.16. The fourth-order valence-corrected chi connectivity index (χ4v) is 2.41. The summed E-state index contributed by atoms with van der Waals surface area (Å²) in [5.74, 6) is 1.10. The summed E-state index contributed by atoms with van der Waals surface area (Å²) in [6.07, 6.45) is 0.787. The Hall–Kier alpha value is -0.720. The first kappa shape index (κ1) is 10.8. The molecular formula is C9H10BrN3OS. The lowest BCUT2D eigenvalue weighted by atomic mass is 10.2. The molecule has 1 atom stereocenters. The van der Waals surface area contributed by atoms with Crippen molar-refractivity contribution in [2.24, 2.45) is 5.73 Å². The molecule has 0 saturated heterocycles. The minimum Gasteiger partial charge on any atom is -0.337 e. The maximum atomic E-state index is 5.79. The molecule has 4 nitrogen and oxygen atoms in total. The highest BCUT2D eigenvalue weighted by atomic mass is 79.9. The van der Waals surface area contributed by atoms with Crippen molar-refractivity contribution in [3.05, 3.63) is 21.8 Å². The van der Waals surface area contributed by atoms with Crippen LogP contribution in [0.2, 0.25) is 0 Å². The van der Waals surface area contributed by atoms with E-state index in [9.17, 15) is 0 Å². The number of hydrogen-bond acceptors (Lipinski definition) is 5. The van der Waals surface area contributed by atoms with Crippen LogP contribution in [0.25, 0.3) is 10.7 Å². The fraction of sp³-hybridized carbons (Fsp3) is 0.333. The molecule has 0 radical (unpaired) electrons. The summed E-state index contributed by atoms with van der Waals surface area (Å²) in [4.78, 5) is 5.22. The van der Waals surface area contributed by atoms with Crippen LogP contribution in [0, 0.1) is 0 Å². The number of nitrogens with two attached hydrogens (primary N) is 1. The van der Waals surface area contributed by atoms with Gasteiger partial charge in [-0.1, -0.05) is 12.1 Å².